The maximum atomic E-state index is 12.9. The lowest BCUT2D eigenvalue weighted by atomic mass is 10.1. The zero-order valence-corrected chi connectivity index (χ0v) is 8.19. The molecule has 0 atom stereocenters. The number of aliphatic carboxylic acids is 1. The second kappa shape index (κ2) is 4.40. The van der Waals surface area contributed by atoms with Gasteiger partial charge in [-0.2, -0.15) is 13.2 Å². The van der Waals surface area contributed by atoms with Crippen molar-refractivity contribution in [1.29, 1.82) is 0 Å². The molecule has 92 valence electrons. The van der Waals surface area contributed by atoms with Gasteiger partial charge in [0.15, 0.2) is 0 Å². The fraction of sp³-hybridized carbons (Fsp3) is 0.222. The summed E-state index contributed by atoms with van der Waals surface area (Å²) in [5, 5.41) is 18.5. The summed E-state index contributed by atoms with van der Waals surface area (Å²) >= 11 is 0. The molecule has 0 unspecified atom stereocenters. The van der Waals surface area contributed by atoms with E-state index in [9.17, 15) is 28.1 Å². The number of halogens is 3. The van der Waals surface area contributed by atoms with Gasteiger partial charge in [0, 0.05) is 12.5 Å². The van der Waals surface area contributed by atoms with Gasteiger partial charge in [-0.3, -0.25) is 10.1 Å². The first-order chi connectivity index (χ1) is 7.74. The SMILES string of the molecule is O=C(O)C(F)(F)Cc1ccc(F)c([N+](=O)[O-])c1. The highest BCUT2D eigenvalue weighted by atomic mass is 19.3. The largest absolute Gasteiger partial charge is 0.477 e. The quantitative estimate of drug-likeness (QED) is 0.653. The van der Waals surface area contributed by atoms with Gasteiger partial charge in [0.25, 0.3) is 0 Å². The number of hydrogen-bond donors (Lipinski definition) is 1. The van der Waals surface area contributed by atoms with Crippen LogP contribution in [0.15, 0.2) is 18.2 Å². The molecule has 0 spiro atoms. The van der Waals surface area contributed by atoms with Crippen molar-refractivity contribution in [1.82, 2.24) is 0 Å². The minimum Gasteiger partial charge on any atom is -0.477 e. The number of rotatable bonds is 4. The molecule has 0 fully saturated rings. The first kappa shape index (κ1) is 12.9. The van der Waals surface area contributed by atoms with Gasteiger partial charge in [-0.1, -0.05) is 6.07 Å². The summed E-state index contributed by atoms with van der Waals surface area (Å²) in [5.41, 5.74) is -1.30. The molecule has 0 bridgehead atoms. The van der Waals surface area contributed by atoms with Crippen LogP contribution in [-0.2, 0) is 11.2 Å². The molecule has 1 N–H and O–H groups in total. The molecule has 8 heteroatoms. The van der Waals surface area contributed by atoms with Crippen LogP contribution in [0.25, 0.3) is 0 Å². The van der Waals surface area contributed by atoms with Crippen molar-refractivity contribution < 1.29 is 28.0 Å². The smallest absolute Gasteiger partial charge is 0.374 e. The van der Waals surface area contributed by atoms with Crippen LogP contribution in [0.2, 0.25) is 0 Å². The van der Waals surface area contributed by atoms with Crippen LogP contribution in [0.1, 0.15) is 5.56 Å². The van der Waals surface area contributed by atoms with Gasteiger partial charge in [-0.05, 0) is 11.6 Å². The van der Waals surface area contributed by atoms with Crippen LogP contribution in [0.4, 0.5) is 18.9 Å². The monoisotopic (exact) mass is 249 g/mol. The summed E-state index contributed by atoms with van der Waals surface area (Å²) in [4.78, 5) is 19.4. The Kier molecular flexibility index (Phi) is 3.35. The molecule has 5 nitrogen and oxygen atoms in total. The molecule has 0 saturated carbocycles. The summed E-state index contributed by atoms with van der Waals surface area (Å²) in [5.74, 6) is -7.56. The first-order valence-corrected chi connectivity index (χ1v) is 4.28. The second-order valence-corrected chi connectivity index (χ2v) is 3.23. The molecule has 0 aliphatic carbocycles. The number of benzene rings is 1. The van der Waals surface area contributed by atoms with Crippen molar-refractivity contribution in [2.24, 2.45) is 0 Å². The number of carboxylic acid groups (broad SMARTS) is 1. The predicted molar refractivity (Wildman–Crippen MR) is 49.3 cm³/mol. The highest BCUT2D eigenvalue weighted by Gasteiger charge is 2.39. The summed E-state index contributed by atoms with van der Waals surface area (Å²) in [7, 11) is 0. The maximum absolute atomic E-state index is 12.9. The molecule has 1 rings (SSSR count). The zero-order chi connectivity index (χ0) is 13.2. The van der Waals surface area contributed by atoms with E-state index in [4.69, 9.17) is 5.11 Å². The molecule has 0 aromatic heterocycles. The van der Waals surface area contributed by atoms with Crippen LogP contribution in [-0.4, -0.2) is 21.9 Å². The Bertz CT molecular complexity index is 475. The van der Waals surface area contributed by atoms with Crippen molar-refractivity contribution in [3.63, 3.8) is 0 Å². The summed E-state index contributed by atoms with van der Waals surface area (Å²) < 4.78 is 38.5. The molecule has 1 aromatic carbocycles. The first-order valence-electron chi connectivity index (χ1n) is 4.28. The van der Waals surface area contributed by atoms with E-state index in [0.29, 0.717) is 12.1 Å². The molecule has 0 saturated heterocycles. The van der Waals surface area contributed by atoms with Gasteiger partial charge in [-0.15, -0.1) is 0 Å². The number of carboxylic acids is 1. The van der Waals surface area contributed by atoms with Crippen LogP contribution in [0.3, 0.4) is 0 Å². The van der Waals surface area contributed by atoms with E-state index in [1.54, 1.807) is 0 Å². The standard InChI is InChI=1S/C9H6F3NO4/c10-6-2-1-5(3-7(6)13(16)17)4-9(11,12)8(14)15/h1-3H,4H2,(H,14,15). The lowest BCUT2D eigenvalue weighted by Gasteiger charge is -2.10. The van der Waals surface area contributed by atoms with Gasteiger partial charge >= 0.3 is 17.6 Å². The Labute approximate surface area is 92.6 Å². The van der Waals surface area contributed by atoms with Crippen molar-refractivity contribution in [2.75, 3.05) is 0 Å². The Balaban J connectivity index is 3.05. The van der Waals surface area contributed by atoms with Crippen molar-refractivity contribution in [3.8, 4) is 0 Å². The number of carbonyl (C=O) groups is 1. The third kappa shape index (κ3) is 2.92. The molecule has 0 aliphatic heterocycles. The number of alkyl halides is 2. The van der Waals surface area contributed by atoms with Crippen molar-refractivity contribution in [3.05, 3.63) is 39.7 Å². The number of nitrogens with zero attached hydrogens (tertiary/aromatic N) is 1. The summed E-state index contributed by atoms with van der Waals surface area (Å²) in [6.45, 7) is 0. The molecule has 1 aromatic rings. The van der Waals surface area contributed by atoms with Crippen LogP contribution < -0.4 is 0 Å². The van der Waals surface area contributed by atoms with E-state index in [0.717, 1.165) is 6.07 Å². The number of hydrogen-bond acceptors (Lipinski definition) is 3. The summed E-state index contributed by atoms with van der Waals surface area (Å²) in [6.07, 6.45) is -1.23. The molecule has 0 heterocycles. The van der Waals surface area contributed by atoms with E-state index in [1.807, 2.05) is 0 Å². The molecular formula is C9H6F3NO4. The van der Waals surface area contributed by atoms with Crippen LogP contribution >= 0.6 is 0 Å². The van der Waals surface area contributed by atoms with E-state index >= 15 is 0 Å². The zero-order valence-electron chi connectivity index (χ0n) is 8.19. The molecule has 0 amide bonds. The molecular weight excluding hydrogens is 243 g/mol. The van der Waals surface area contributed by atoms with Gasteiger partial charge in [0.05, 0.1) is 4.92 Å². The minimum absolute atomic E-state index is 0.328. The number of nitro benzene ring substituents is 1. The van der Waals surface area contributed by atoms with Crippen molar-refractivity contribution >= 4 is 11.7 Å². The normalized spacial score (nSPS) is 11.2. The third-order valence-electron chi connectivity index (χ3n) is 1.95. The van der Waals surface area contributed by atoms with Gasteiger partial charge in [-0.25, -0.2) is 4.79 Å². The third-order valence-corrected chi connectivity index (χ3v) is 1.95. The molecule has 17 heavy (non-hydrogen) atoms. The van der Waals surface area contributed by atoms with E-state index < -0.39 is 34.7 Å². The Morgan fingerprint density at radius 2 is 2.06 bits per heavy atom. The molecule has 0 radical (unpaired) electrons. The van der Waals surface area contributed by atoms with Gasteiger partial charge in [0.2, 0.25) is 5.82 Å². The Morgan fingerprint density at radius 3 is 2.53 bits per heavy atom. The summed E-state index contributed by atoms with van der Waals surface area (Å²) in [6, 6.07) is 2.11. The fourth-order valence-electron chi connectivity index (χ4n) is 1.14. The number of nitro groups is 1. The fourth-order valence-corrected chi connectivity index (χ4v) is 1.14. The highest BCUT2D eigenvalue weighted by Crippen LogP contribution is 2.24. The molecule has 0 aliphatic rings. The van der Waals surface area contributed by atoms with Crippen LogP contribution in [0, 0.1) is 15.9 Å². The highest BCUT2D eigenvalue weighted by molar-refractivity contribution is 5.75. The predicted octanol–water partition coefficient (Wildman–Crippen LogP) is 2.00. The van der Waals surface area contributed by atoms with E-state index in [-0.39, 0.29) is 5.56 Å². The lowest BCUT2D eigenvalue weighted by Crippen LogP contribution is -2.30. The minimum atomic E-state index is -4.05. The Morgan fingerprint density at radius 1 is 1.47 bits per heavy atom. The second-order valence-electron chi connectivity index (χ2n) is 3.23. The average Bonchev–Trinajstić information content (AvgIpc) is 2.20. The topological polar surface area (TPSA) is 80.4 Å². The van der Waals surface area contributed by atoms with E-state index in [2.05, 4.69) is 0 Å². The van der Waals surface area contributed by atoms with Crippen LogP contribution in [0.5, 0.6) is 0 Å². The van der Waals surface area contributed by atoms with E-state index in [1.165, 1.54) is 0 Å². The van der Waals surface area contributed by atoms with Gasteiger partial charge < -0.3 is 5.11 Å². The Hall–Kier alpha value is -2.12. The lowest BCUT2D eigenvalue weighted by molar-refractivity contribution is -0.387. The van der Waals surface area contributed by atoms with Gasteiger partial charge in [0.1, 0.15) is 0 Å². The van der Waals surface area contributed by atoms with Crippen molar-refractivity contribution in [2.45, 2.75) is 12.3 Å². The average molecular weight is 249 g/mol. The maximum Gasteiger partial charge on any atom is 0.374 e.